The van der Waals surface area contributed by atoms with Crippen LogP contribution in [0.3, 0.4) is 0 Å². The number of nitrogens with one attached hydrogen (secondary N) is 2. The number of amides is 1. The number of hydrogen-bond acceptors (Lipinski definition) is 4. The van der Waals surface area contributed by atoms with E-state index in [9.17, 15) is 9.59 Å². The van der Waals surface area contributed by atoms with Gasteiger partial charge in [-0.15, -0.1) is 0 Å². The number of esters is 1. The van der Waals surface area contributed by atoms with Crippen molar-refractivity contribution in [2.24, 2.45) is 0 Å². The molecule has 1 aliphatic heterocycles. The first kappa shape index (κ1) is 16.2. The molecule has 1 unspecified atom stereocenters. The van der Waals surface area contributed by atoms with Gasteiger partial charge in [-0.3, -0.25) is 4.79 Å². The summed E-state index contributed by atoms with van der Waals surface area (Å²) in [5, 5.41) is 6.27. The van der Waals surface area contributed by atoms with Crippen molar-refractivity contribution < 1.29 is 14.3 Å². The average Bonchev–Trinajstić information content (AvgIpc) is 3.14. The second kappa shape index (κ2) is 7.27. The smallest absolute Gasteiger partial charge is 0.337 e. The molecule has 1 heterocycles. The Morgan fingerprint density at radius 3 is 2.38 bits per heavy atom. The maximum absolute atomic E-state index is 12.4. The Morgan fingerprint density at radius 1 is 1.08 bits per heavy atom. The van der Waals surface area contributed by atoms with Gasteiger partial charge in [-0.05, 0) is 48.4 Å². The minimum atomic E-state index is -0.375. The van der Waals surface area contributed by atoms with Gasteiger partial charge in [0.25, 0.3) is 5.91 Å². The molecule has 1 saturated heterocycles. The van der Waals surface area contributed by atoms with Crippen molar-refractivity contribution in [3.05, 3.63) is 59.7 Å². The van der Waals surface area contributed by atoms with E-state index in [0.717, 1.165) is 30.6 Å². The van der Waals surface area contributed by atoms with Crippen molar-refractivity contribution in [2.75, 3.05) is 20.2 Å². The highest BCUT2D eigenvalue weighted by Crippen LogP contribution is 2.22. The van der Waals surface area contributed by atoms with Crippen LogP contribution in [-0.2, 0) is 4.74 Å². The monoisotopic (exact) mass is 324 g/mol. The number of rotatable bonds is 4. The molecule has 0 aromatic heterocycles. The third-order valence-corrected chi connectivity index (χ3v) is 4.14. The van der Waals surface area contributed by atoms with Gasteiger partial charge in [0.05, 0.1) is 12.7 Å². The lowest BCUT2D eigenvalue weighted by atomic mass is 10.0. The lowest BCUT2D eigenvalue weighted by Gasteiger charge is -2.12. The van der Waals surface area contributed by atoms with Gasteiger partial charge in [0.15, 0.2) is 0 Å². The van der Waals surface area contributed by atoms with E-state index in [-0.39, 0.29) is 17.9 Å². The minimum absolute atomic E-state index is 0.0744. The van der Waals surface area contributed by atoms with E-state index in [2.05, 4.69) is 10.6 Å². The molecule has 3 rings (SSSR count). The highest BCUT2D eigenvalue weighted by Gasteiger charge is 2.17. The van der Waals surface area contributed by atoms with Gasteiger partial charge in [0.2, 0.25) is 0 Å². The number of hydrogen-bond donors (Lipinski definition) is 2. The van der Waals surface area contributed by atoms with E-state index >= 15 is 0 Å². The molecule has 124 valence electrons. The van der Waals surface area contributed by atoms with Crippen LogP contribution in [0, 0.1) is 0 Å². The van der Waals surface area contributed by atoms with Gasteiger partial charge in [-0.1, -0.05) is 24.3 Å². The van der Waals surface area contributed by atoms with Crippen molar-refractivity contribution in [3.8, 4) is 11.1 Å². The Labute approximate surface area is 141 Å². The Kier molecular flexibility index (Phi) is 4.91. The molecule has 2 aromatic carbocycles. The van der Waals surface area contributed by atoms with Crippen LogP contribution >= 0.6 is 0 Å². The van der Waals surface area contributed by atoms with Crippen LogP contribution in [0.4, 0.5) is 0 Å². The van der Waals surface area contributed by atoms with Crippen molar-refractivity contribution in [1.29, 1.82) is 0 Å². The van der Waals surface area contributed by atoms with Crippen molar-refractivity contribution in [1.82, 2.24) is 10.6 Å². The molecule has 0 aliphatic carbocycles. The molecule has 2 N–H and O–H groups in total. The van der Waals surface area contributed by atoms with Crippen molar-refractivity contribution in [3.63, 3.8) is 0 Å². The van der Waals surface area contributed by atoms with Crippen LogP contribution in [0.5, 0.6) is 0 Å². The molecule has 0 radical (unpaired) electrons. The zero-order chi connectivity index (χ0) is 16.9. The third-order valence-electron chi connectivity index (χ3n) is 4.14. The summed E-state index contributed by atoms with van der Waals surface area (Å²) in [5.74, 6) is -0.450. The molecule has 1 fully saturated rings. The number of ether oxygens (including phenoxy) is 1. The molecule has 0 spiro atoms. The standard InChI is InChI=1S/C19H20N2O3/c1-24-19(23)16-7-3-5-14(11-16)13-4-2-6-15(10-13)18(22)21-17-8-9-20-12-17/h2-7,10-11,17,20H,8-9,12H2,1H3,(H,21,22). The topological polar surface area (TPSA) is 67.4 Å². The Balaban J connectivity index is 1.82. The van der Waals surface area contributed by atoms with E-state index < -0.39 is 0 Å². The van der Waals surface area contributed by atoms with Gasteiger partial charge in [0.1, 0.15) is 0 Å². The Bertz CT molecular complexity index is 752. The molecule has 1 atom stereocenters. The van der Waals surface area contributed by atoms with Crippen LogP contribution in [0.25, 0.3) is 11.1 Å². The van der Waals surface area contributed by atoms with Gasteiger partial charge < -0.3 is 15.4 Å². The van der Waals surface area contributed by atoms with Gasteiger partial charge in [-0.2, -0.15) is 0 Å². The largest absolute Gasteiger partial charge is 0.465 e. The summed E-state index contributed by atoms with van der Waals surface area (Å²) >= 11 is 0. The molecule has 0 bridgehead atoms. The van der Waals surface area contributed by atoms with E-state index in [1.807, 2.05) is 24.3 Å². The lowest BCUT2D eigenvalue weighted by Crippen LogP contribution is -2.36. The average molecular weight is 324 g/mol. The van der Waals surface area contributed by atoms with Crippen molar-refractivity contribution >= 4 is 11.9 Å². The predicted octanol–water partition coefficient (Wildman–Crippen LogP) is 2.23. The quantitative estimate of drug-likeness (QED) is 0.847. The van der Waals surface area contributed by atoms with E-state index in [1.54, 1.807) is 24.3 Å². The number of methoxy groups -OCH3 is 1. The Morgan fingerprint density at radius 2 is 1.75 bits per heavy atom. The molecule has 2 aromatic rings. The second-order valence-electron chi connectivity index (χ2n) is 5.82. The summed E-state index contributed by atoms with van der Waals surface area (Å²) in [7, 11) is 1.36. The summed E-state index contributed by atoms with van der Waals surface area (Å²) in [5.41, 5.74) is 2.86. The summed E-state index contributed by atoms with van der Waals surface area (Å²) in [6, 6.07) is 14.8. The molecular weight excluding hydrogens is 304 g/mol. The van der Waals surface area contributed by atoms with Crippen LogP contribution in [0.2, 0.25) is 0 Å². The Hall–Kier alpha value is -2.66. The lowest BCUT2D eigenvalue weighted by molar-refractivity contribution is 0.0600. The highest BCUT2D eigenvalue weighted by molar-refractivity contribution is 5.96. The molecule has 5 heteroatoms. The number of carbonyl (C=O) groups excluding carboxylic acids is 2. The van der Waals surface area contributed by atoms with Crippen LogP contribution in [-0.4, -0.2) is 38.1 Å². The van der Waals surface area contributed by atoms with E-state index in [0.29, 0.717) is 11.1 Å². The van der Waals surface area contributed by atoms with Crippen LogP contribution in [0.15, 0.2) is 48.5 Å². The first-order valence-corrected chi connectivity index (χ1v) is 7.98. The highest BCUT2D eigenvalue weighted by atomic mass is 16.5. The molecule has 5 nitrogen and oxygen atoms in total. The summed E-state index contributed by atoms with van der Waals surface area (Å²) in [4.78, 5) is 24.1. The van der Waals surface area contributed by atoms with Gasteiger partial charge >= 0.3 is 5.97 Å². The summed E-state index contributed by atoms with van der Waals surface area (Å²) in [6.07, 6.45) is 0.951. The normalized spacial score (nSPS) is 16.6. The maximum Gasteiger partial charge on any atom is 0.337 e. The molecule has 1 amide bonds. The summed E-state index contributed by atoms with van der Waals surface area (Å²) in [6.45, 7) is 1.75. The van der Waals surface area contributed by atoms with E-state index in [1.165, 1.54) is 7.11 Å². The fourth-order valence-electron chi connectivity index (χ4n) is 2.83. The van der Waals surface area contributed by atoms with Gasteiger partial charge in [0, 0.05) is 18.2 Å². The molecule has 24 heavy (non-hydrogen) atoms. The number of carbonyl (C=O) groups is 2. The summed E-state index contributed by atoms with van der Waals surface area (Å²) < 4.78 is 4.75. The zero-order valence-corrected chi connectivity index (χ0v) is 13.5. The zero-order valence-electron chi connectivity index (χ0n) is 13.5. The first-order valence-electron chi connectivity index (χ1n) is 7.98. The molecule has 1 aliphatic rings. The first-order chi connectivity index (χ1) is 11.7. The molecule has 0 saturated carbocycles. The number of benzene rings is 2. The fraction of sp³-hybridized carbons (Fsp3) is 0.263. The molecular formula is C19H20N2O3. The third kappa shape index (κ3) is 3.63. The van der Waals surface area contributed by atoms with Crippen LogP contribution < -0.4 is 10.6 Å². The second-order valence-corrected chi connectivity index (χ2v) is 5.82. The van der Waals surface area contributed by atoms with Gasteiger partial charge in [-0.25, -0.2) is 4.79 Å². The predicted molar refractivity (Wildman–Crippen MR) is 92.0 cm³/mol. The fourth-order valence-corrected chi connectivity index (χ4v) is 2.83. The van der Waals surface area contributed by atoms with Crippen molar-refractivity contribution in [2.45, 2.75) is 12.5 Å². The maximum atomic E-state index is 12.4. The van der Waals surface area contributed by atoms with E-state index in [4.69, 9.17) is 4.74 Å². The van der Waals surface area contributed by atoms with Crippen LogP contribution in [0.1, 0.15) is 27.1 Å². The minimum Gasteiger partial charge on any atom is -0.465 e. The SMILES string of the molecule is COC(=O)c1cccc(-c2cccc(C(=O)NC3CCNC3)c2)c1.